The number of hydrogen-bond acceptors (Lipinski definition) is 2. The first-order valence-corrected chi connectivity index (χ1v) is 5.37. The van der Waals surface area contributed by atoms with Crippen molar-refractivity contribution >= 4 is 5.69 Å². The molecule has 6 heteroatoms. The van der Waals surface area contributed by atoms with Gasteiger partial charge in [-0.05, 0) is 39.0 Å². The summed E-state index contributed by atoms with van der Waals surface area (Å²) in [6, 6.07) is 1.52. The van der Waals surface area contributed by atoms with Crippen molar-refractivity contribution in [2.24, 2.45) is 0 Å². The molecular formula is C12H15F4NO. The molecule has 1 aromatic rings. The van der Waals surface area contributed by atoms with Crippen molar-refractivity contribution in [3.05, 3.63) is 29.6 Å². The first-order valence-electron chi connectivity index (χ1n) is 5.37. The number of benzene rings is 1. The van der Waals surface area contributed by atoms with E-state index in [2.05, 4.69) is 5.32 Å². The molecule has 102 valence electrons. The summed E-state index contributed by atoms with van der Waals surface area (Å²) in [6.07, 6.45) is -4.53. The standard InChI is InChI=1S/C12H15F4NO/c1-7(11(2,3)18)17-10-6-8(12(14,15)16)4-5-9(10)13/h4-7,17-18H,1-3H3. The number of alkyl halides is 3. The zero-order valence-electron chi connectivity index (χ0n) is 10.3. The summed E-state index contributed by atoms with van der Waals surface area (Å²) in [5.74, 6) is -0.792. The maximum Gasteiger partial charge on any atom is 0.416 e. The van der Waals surface area contributed by atoms with Gasteiger partial charge in [0.2, 0.25) is 0 Å². The van der Waals surface area contributed by atoms with Crippen molar-refractivity contribution in [3.63, 3.8) is 0 Å². The topological polar surface area (TPSA) is 32.3 Å². The lowest BCUT2D eigenvalue weighted by atomic mass is 10.0. The lowest BCUT2D eigenvalue weighted by Gasteiger charge is -2.28. The van der Waals surface area contributed by atoms with Crippen molar-refractivity contribution in [2.45, 2.75) is 38.6 Å². The van der Waals surface area contributed by atoms with E-state index in [1.807, 2.05) is 0 Å². The van der Waals surface area contributed by atoms with Gasteiger partial charge in [-0.1, -0.05) is 0 Å². The molecule has 2 nitrogen and oxygen atoms in total. The fraction of sp³-hybridized carbons (Fsp3) is 0.500. The molecule has 0 aliphatic heterocycles. The first-order chi connectivity index (χ1) is 8.01. The van der Waals surface area contributed by atoms with Crippen LogP contribution in [0.15, 0.2) is 18.2 Å². The zero-order valence-corrected chi connectivity index (χ0v) is 10.3. The molecule has 1 unspecified atom stereocenters. The second-order valence-corrected chi connectivity index (χ2v) is 4.71. The van der Waals surface area contributed by atoms with Gasteiger partial charge in [-0.2, -0.15) is 13.2 Å². The van der Waals surface area contributed by atoms with Crippen LogP contribution in [0, 0.1) is 5.82 Å². The third-order valence-corrected chi connectivity index (χ3v) is 2.73. The number of hydrogen-bond donors (Lipinski definition) is 2. The smallest absolute Gasteiger partial charge is 0.388 e. The van der Waals surface area contributed by atoms with Gasteiger partial charge in [0.05, 0.1) is 22.9 Å². The van der Waals surface area contributed by atoms with Crippen LogP contribution in [0.3, 0.4) is 0 Å². The summed E-state index contributed by atoms with van der Waals surface area (Å²) >= 11 is 0. The van der Waals surface area contributed by atoms with Gasteiger partial charge in [0.15, 0.2) is 0 Å². The molecule has 0 aliphatic rings. The van der Waals surface area contributed by atoms with Crippen molar-refractivity contribution in [3.8, 4) is 0 Å². The van der Waals surface area contributed by atoms with Crippen LogP contribution < -0.4 is 5.32 Å². The number of nitrogens with one attached hydrogen (secondary N) is 1. The minimum absolute atomic E-state index is 0.278. The maximum atomic E-state index is 13.4. The van der Waals surface area contributed by atoms with E-state index < -0.39 is 29.2 Å². The monoisotopic (exact) mass is 265 g/mol. The molecule has 1 aromatic carbocycles. The van der Waals surface area contributed by atoms with Crippen LogP contribution in [0.2, 0.25) is 0 Å². The average molecular weight is 265 g/mol. The van der Waals surface area contributed by atoms with Gasteiger partial charge in [0.1, 0.15) is 5.82 Å². The lowest BCUT2D eigenvalue weighted by molar-refractivity contribution is -0.137. The molecule has 0 heterocycles. The third-order valence-electron chi connectivity index (χ3n) is 2.73. The van der Waals surface area contributed by atoms with Gasteiger partial charge in [0.25, 0.3) is 0 Å². The molecule has 0 bridgehead atoms. The van der Waals surface area contributed by atoms with Crippen LogP contribution in [0.4, 0.5) is 23.2 Å². The lowest BCUT2D eigenvalue weighted by Crippen LogP contribution is -2.39. The Labute approximate surface area is 103 Å². The second kappa shape index (κ2) is 4.76. The number of anilines is 1. The van der Waals surface area contributed by atoms with E-state index in [0.29, 0.717) is 12.1 Å². The predicted octanol–water partition coefficient (Wildman–Crippen LogP) is 3.42. The molecule has 0 fully saturated rings. The molecule has 0 saturated heterocycles. The van der Waals surface area contributed by atoms with E-state index in [1.165, 1.54) is 13.8 Å². The highest BCUT2D eigenvalue weighted by molar-refractivity contribution is 5.49. The zero-order chi connectivity index (χ0) is 14.1. The number of aliphatic hydroxyl groups is 1. The van der Waals surface area contributed by atoms with E-state index in [1.54, 1.807) is 6.92 Å². The normalized spacial score (nSPS) is 14.4. The van der Waals surface area contributed by atoms with Crippen molar-refractivity contribution in [2.75, 3.05) is 5.32 Å². The van der Waals surface area contributed by atoms with Gasteiger partial charge in [-0.3, -0.25) is 0 Å². The third kappa shape index (κ3) is 3.60. The molecule has 0 aliphatic carbocycles. The molecule has 18 heavy (non-hydrogen) atoms. The summed E-state index contributed by atoms with van der Waals surface area (Å²) in [6.45, 7) is 4.52. The molecule has 0 saturated carbocycles. The molecule has 0 radical (unpaired) electrons. The Hall–Kier alpha value is -1.30. The van der Waals surface area contributed by atoms with E-state index in [0.717, 1.165) is 6.07 Å². The van der Waals surface area contributed by atoms with E-state index in [9.17, 15) is 22.7 Å². The highest BCUT2D eigenvalue weighted by atomic mass is 19.4. The molecule has 0 spiro atoms. The Bertz CT molecular complexity index is 423. The summed E-state index contributed by atoms with van der Waals surface area (Å²) < 4.78 is 50.8. The van der Waals surface area contributed by atoms with Gasteiger partial charge in [-0.25, -0.2) is 4.39 Å². The summed E-state index contributed by atoms with van der Waals surface area (Å²) in [7, 11) is 0. The SMILES string of the molecule is CC(Nc1cc(C(F)(F)F)ccc1F)C(C)(C)O. The van der Waals surface area contributed by atoms with Crippen LogP contribution in [0.5, 0.6) is 0 Å². The molecule has 2 N–H and O–H groups in total. The molecule has 0 amide bonds. The fourth-order valence-electron chi connectivity index (χ4n) is 1.22. The van der Waals surface area contributed by atoms with E-state index in [4.69, 9.17) is 0 Å². The Balaban J connectivity index is 3.03. The Morgan fingerprint density at radius 1 is 1.22 bits per heavy atom. The van der Waals surface area contributed by atoms with Crippen molar-refractivity contribution in [1.29, 1.82) is 0 Å². The van der Waals surface area contributed by atoms with Crippen molar-refractivity contribution in [1.82, 2.24) is 0 Å². The van der Waals surface area contributed by atoms with Crippen LogP contribution in [0.1, 0.15) is 26.3 Å². The predicted molar refractivity (Wildman–Crippen MR) is 60.8 cm³/mol. The summed E-state index contributed by atoms with van der Waals surface area (Å²) in [5.41, 5.74) is -2.39. The highest BCUT2D eigenvalue weighted by Crippen LogP contribution is 2.32. The second-order valence-electron chi connectivity index (χ2n) is 4.71. The first kappa shape index (κ1) is 14.8. The minimum atomic E-state index is -4.53. The fourth-order valence-corrected chi connectivity index (χ4v) is 1.22. The molecule has 1 atom stereocenters. The number of halogens is 4. The summed E-state index contributed by atoms with van der Waals surface area (Å²) in [4.78, 5) is 0. The van der Waals surface area contributed by atoms with Gasteiger partial charge >= 0.3 is 6.18 Å². The molecule has 0 aromatic heterocycles. The van der Waals surface area contributed by atoms with Crippen LogP contribution in [-0.2, 0) is 6.18 Å². The summed E-state index contributed by atoms with van der Waals surface area (Å²) in [5, 5.41) is 12.2. The maximum absolute atomic E-state index is 13.4. The van der Waals surface area contributed by atoms with Crippen LogP contribution in [0.25, 0.3) is 0 Å². The van der Waals surface area contributed by atoms with Gasteiger partial charge in [-0.15, -0.1) is 0 Å². The van der Waals surface area contributed by atoms with Crippen molar-refractivity contribution < 1.29 is 22.7 Å². The minimum Gasteiger partial charge on any atom is -0.388 e. The Morgan fingerprint density at radius 2 is 1.78 bits per heavy atom. The Kier molecular flexibility index (Phi) is 3.90. The molecular weight excluding hydrogens is 250 g/mol. The van der Waals surface area contributed by atoms with E-state index in [-0.39, 0.29) is 5.69 Å². The van der Waals surface area contributed by atoms with Crippen LogP contribution >= 0.6 is 0 Å². The largest absolute Gasteiger partial charge is 0.416 e. The molecule has 1 rings (SSSR count). The van der Waals surface area contributed by atoms with Gasteiger partial charge in [0, 0.05) is 0 Å². The average Bonchev–Trinajstić information content (AvgIpc) is 2.18. The van der Waals surface area contributed by atoms with Crippen LogP contribution in [-0.4, -0.2) is 16.7 Å². The van der Waals surface area contributed by atoms with E-state index >= 15 is 0 Å². The Morgan fingerprint density at radius 3 is 2.22 bits per heavy atom. The van der Waals surface area contributed by atoms with Gasteiger partial charge < -0.3 is 10.4 Å². The highest BCUT2D eigenvalue weighted by Gasteiger charge is 2.31. The number of rotatable bonds is 3. The quantitative estimate of drug-likeness (QED) is 0.821.